The van der Waals surface area contributed by atoms with E-state index in [-0.39, 0.29) is 20.0 Å². The number of fused-ring (bicyclic) bond motifs is 1. The van der Waals surface area contributed by atoms with Crippen LogP contribution in [0.3, 0.4) is 0 Å². The third-order valence-corrected chi connectivity index (χ3v) is 7.54. The number of thioether (sulfide) groups is 1. The molecular weight excluding hydrogens is 449 g/mol. The fourth-order valence-electron chi connectivity index (χ4n) is 2.74. The summed E-state index contributed by atoms with van der Waals surface area (Å²) in [5.41, 5.74) is 1.79. The zero-order valence-electron chi connectivity index (χ0n) is 13.6. The van der Waals surface area contributed by atoms with Crippen LogP contribution in [-0.2, 0) is 16.6 Å². The van der Waals surface area contributed by atoms with Crippen LogP contribution < -0.4 is 4.72 Å². The quantitative estimate of drug-likeness (QED) is 0.528. The Labute approximate surface area is 175 Å². The molecular formula is C17H12Cl3N3O2S2. The molecule has 1 aliphatic heterocycles. The molecule has 1 N–H and O–H groups in total. The van der Waals surface area contributed by atoms with E-state index >= 15 is 0 Å². The predicted molar refractivity (Wildman–Crippen MR) is 111 cm³/mol. The number of imidazole rings is 1. The van der Waals surface area contributed by atoms with E-state index in [0.717, 1.165) is 17.5 Å². The summed E-state index contributed by atoms with van der Waals surface area (Å²) in [7, 11) is -3.97. The summed E-state index contributed by atoms with van der Waals surface area (Å²) < 4.78 is 30.4. The molecule has 0 unspecified atom stereocenters. The van der Waals surface area contributed by atoms with Crippen molar-refractivity contribution in [3.05, 3.63) is 57.7 Å². The molecule has 0 bridgehead atoms. The molecule has 0 spiro atoms. The predicted octanol–water partition coefficient (Wildman–Crippen LogP) is 5.42. The van der Waals surface area contributed by atoms with Gasteiger partial charge < -0.3 is 4.57 Å². The van der Waals surface area contributed by atoms with Gasteiger partial charge >= 0.3 is 0 Å². The van der Waals surface area contributed by atoms with Crippen LogP contribution in [-0.4, -0.2) is 23.7 Å². The molecule has 0 aliphatic carbocycles. The van der Waals surface area contributed by atoms with Crippen molar-refractivity contribution in [3.8, 4) is 11.3 Å². The third kappa shape index (κ3) is 3.67. The van der Waals surface area contributed by atoms with Gasteiger partial charge in [-0.25, -0.2) is 13.4 Å². The molecule has 27 heavy (non-hydrogen) atoms. The van der Waals surface area contributed by atoms with Crippen molar-refractivity contribution in [3.63, 3.8) is 0 Å². The minimum atomic E-state index is -3.97. The monoisotopic (exact) mass is 459 g/mol. The molecule has 3 aromatic rings. The standard InChI is InChI=1S/C17H12Cl3N3O2S2/c18-11-7-13(20)16(8-12(11)19)27(24,25)22-14-4-2-1-3-10(14)15-9-23-5-6-26-17(23)21-15/h1-4,7-9,22H,5-6H2. The molecule has 0 radical (unpaired) electrons. The number of aryl methyl sites for hydroxylation is 1. The van der Waals surface area contributed by atoms with Gasteiger partial charge in [-0.05, 0) is 18.2 Å². The van der Waals surface area contributed by atoms with E-state index in [4.69, 9.17) is 34.8 Å². The summed E-state index contributed by atoms with van der Waals surface area (Å²) in [6, 6.07) is 9.61. The summed E-state index contributed by atoms with van der Waals surface area (Å²) in [5, 5.41) is 1.21. The lowest BCUT2D eigenvalue weighted by atomic mass is 10.1. The van der Waals surface area contributed by atoms with Crippen molar-refractivity contribution in [1.29, 1.82) is 0 Å². The molecule has 0 amide bonds. The van der Waals surface area contributed by atoms with Gasteiger partial charge in [-0.1, -0.05) is 64.8 Å². The summed E-state index contributed by atoms with van der Waals surface area (Å²) in [6.07, 6.45) is 1.93. The van der Waals surface area contributed by atoms with Gasteiger partial charge in [0, 0.05) is 24.1 Å². The number of anilines is 1. The summed E-state index contributed by atoms with van der Waals surface area (Å²) in [4.78, 5) is 4.45. The van der Waals surface area contributed by atoms with Gasteiger partial charge in [-0.3, -0.25) is 4.72 Å². The molecule has 10 heteroatoms. The van der Waals surface area contributed by atoms with Gasteiger partial charge in [0.1, 0.15) is 4.90 Å². The highest BCUT2D eigenvalue weighted by Crippen LogP contribution is 2.36. The largest absolute Gasteiger partial charge is 0.325 e. The fourth-order valence-corrected chi connectivity index (χ4v) is 5.77. The zero-order valence-corrected chi connectivity index (χ0v) is 17.5. The lowest BCUT2D eigenvalue weighted by Gasteiger charge is -2.13. The van der Waals surface area contributed by atoms with Crippen molar-refractivity contribution >= 4 is 62.3 Å². The van der Waals surface area contributed by atoms with Gasteiger partial charge in [0.2, 0.25) is 0 Å². The Balaban J connectivity index is 1.74. The number of nitrogens with zero attached hydrogens (tertiary/aromatic N) is 2. The molecule has 2 heterocycles. The van der Waals surface area contributed by atoms with E-state index in [1.54, 1.807) is 23.9 Å². The average molecular weight is 461 g/mol. The number of aromatic nitrogens is 2. The molecule has 1 aliphatic rings. The van der Waals surface area contributed by atoms with Gasteiger partial charge in [0.05, 0.1) is 26.4 Å². The number of nitrogens with one attached hydrogen (secondary N) is 1. The van der Waals surface area contributed by atoms with Crippen molar-refractivity contribution < 1.29 is 8.42 Å². The number of benzene rings is 2. The van der Waals surface area contributed by atoms with E-state index in [1.807, 2.05) is 18.3 Å². The maximum atomic E-state index is 12.9. The number of rotatable bonds is 4. The molecule has 0 fully saturated rings. The summed E-state index contributed by atoms with van der Waals surface area (Å²) in [5.74, 6) is 0.993. The van der Waals surface area contributed by atoms with Crippen molar-refractivity contribution in [1.82, 2.24) is 9.55 Å². The molecule has 0 saturated carbocycles. The number of hydrogen-bond acceptors (Lipinski definition) is 4. The molecule has 1 aromatic heterocycles. The van der Waals surface area contributed by atoms with Gasteiger partial charge in [0.25, 0.3) is 10.0 Å². The molecule has 5 nitrogen and oxygen atoms in total. The third-order valence-electron chi connectivity index (χ3n) is 4.01. The van der Waals surface area contributed by atoms with E-state index in [2.05, 4.69) is 14.3 Å². The van der Waals surface area contributed by atoms with Crippen LogP contribution in [0.5, 0.6) is 0 Å². The Bertz CT molecular complexity index is 1120. The molecule has 4 rings (SSSR count). The van der Waals surface area contributed by atoms with Gasteiger partial charge in [-0.15, -0.1) is 0 Å². The van der Waals surface area contributed by atoms with E-state index in [9.17, 15) is 8.42 Å². The highest BCUT2D eigenvalue weighted by atomic mass is 35.5. The second kappa shape index (κ2) is 7.22. The van der Waals surface area contributed by atoms with Crippen LogP contribution >= 0.6 is 46.6 Å². The fraction of sp³-hybridized carbons (Fsp3) is 0.118. The first-order valence-corrected chi connectivity index (χ1v) is 11.4. The van der Waals surface area contributed by atoms with Gasteiger partial charge in [0.15, 0.2) is 5.16 Å². The Kier molecular flexibility index (Phi) is 5.07. The maximum absolute atomic E-state index is 12.9. The minimum Gasteiger partial charge on any atom is -0.325 e. The minimum absolute atomic E-state index is 0.00764. The van der Waals surface area contributed by atoms with E-state index < -0.39 is 10.0 Å². The Hall–Kier alpha value is -1.38. The molecule has 0 atom stereocenters. The van der Waals surface area contributed by atoms with Crippen molar-refractivity contribution in [2.45, 2.75) is 16.6 Å². The van der Waals surface area contributed by atoms with E-state index in [0.29, 0.717) is 16.9 Å². The second-order valence-electron chi connectivity index (χ2n) is 5.80. The van der Waals surface area contributed by atoms with Crippen LogP contribution in [0.1, 0.15) is 0 Å². The SMILES string of the molecule is O=S(=O)(Nc1ccccc1-c1cn2c(n1)SCC2)c1cc(Cl)c(Cl)cc1Cl. The first kappa shape index (κ1) is 19.0. The van der Waals surface area contributed by atoms with Crippen LogP contribution in [0.2, 0.25) is 15.1 Å². The Morgan fingerprint density at radius 3 is 2.59 bits per heavy atom. The average Bonchev–Trinajstić information content (AvgIpc) is 3.20. The second-order valence-corrected chi connectivity index (χ2v) is 9.73. The Morgan fingerprint density at radius 1 is 1.07 bits per heavy atom. The number of hydrogen-bond donors (Lipinski definition) is 1. The lowest BCUT2D eigenvalue weighted by Crippen LogP contribution is -2.14. The first-order valence-electron chi connectivity index (χ1n) is 7.82. The number of sulfonamides is 1. The van der Waals surface area contributed by atoms with Crippen molar-refractivity contribution in [2.24, 2.45) is 0 Å². The van der Waals surface area contributed by atoms with Crippen LogP contribution in [0, 0.1) is 0 Å². The van der Waals surface area contributed by atoms with Crippen LogP contribution in [0.4, 0.5) is 5.69 Å². The molecule has 0 saturated heterocycles. The highest BCUT2D eigenvalue weighted by molar-refractivity contribution is 7.99. The van der Waals surface area contributed by atoms with E-state index in [1.165, 1.54) is 12.1 Å². The van der Waals surface area contributed by atoms with Crippen LogP contribution in [0.15, 0.2) is 52.6 Å². The lowest BCUT2D eigenvalue weighted by molar-refractivity contribution is 0.601. The number of halogens is 3. The van der Waals surface area contributed by atoms with Crippen LogP contribution in [0.25, 0.3) is 11.3 Å². The highest BCUT2D eigenvalue weighted by Gasteiger charge is 2.23. The normalized spacial score (nSPS) is 13.6. The Morgan fingerprint density at radius 2 is 1.81 bits per heavy atom. The number of para-hydroxylation sites is 1. The van der Waals surface area contributed by atoms with Gasteiger partial charge in [-0.2, -0.15) is 0 Å². The first-order chi connectivity index (χ1) is 12.8. The summed E-state index contributed by atoms with van der Waals surface area (Å²) in [6.45, 7) is 0.889. The summed E-state index contributed by atoms with van der Waals surface area (Å²) >= 11 is 19.6. The maximum Gasteiger partial charge on any atom is 0.263 e. The molecule has 140 valence electrons. The van der Waals surface area contributed by atoms with Crippen molar-refractivity contribution in [2.75, 3.05) is 10.5 Å². The topological polar surface area (TPSA) is 64.0 Å². The zero-order chi connectivity index (χ0) is 19.2. The molecule has 2 aromatic carbocycles. The smallest absolute Gasteiger partial charge is 0.263 e.